The van der Waals surface area contributed by atoms with E-state index < -0.39 is 0 Å². The van der Waals surface area contributed by atoms with Gasteiger partial charge in [0.2, 0.25) is 0 Å². The Balaban J connectivity index is 1.38. The van der Waals surface area contributed by atoms with E-state index in [0.29, 0.717) is 41.6 Å². The summed E-state index contributed by atoms with van der Waals surface area (Å²) in [4.78, 5) is 31.1. The molecule has 1 aliphatic carbocycles. The summed E-state index contributed by atoms with van der Waals surface area (Å²) in [5.41, 5.74) is 9.43. The number of hydrogen-bond donors (Lipinski definition) is 2. The monoisotopic (exact) mass is 453 g/mol. The average molecular weight is 454 g/mol. The Morgan fingerprint density at radius 3 is 2.97 bits per heavy atom. The lowest BCUT2D eigenvalue weighted by Gasteiger charge is -2.32. The first-order valence-electron chi connectivity index (χ1n) is 11.5. The molecular formula is C24H23N9O. The number of likely N-dealkylation sites (tertiary alicyclic amines) is 1. The molecule has 3 N–H and O–H groups in total. The summed E-state index contributed by atoms with van der Waals surface area (Å²) in [5.74, 6) is 0.512. The summed E-state index contributed by atoms with van der Waals surface area (Å²) < 4.78 is 1.86. The van der Waals surface area contributed by atoms with Crippen LogP contribution in [-0.2, 0) is 4.79 Å². The Hall–Kier alpha value is -4.26. The van der Waals surface area contributed by atoms with E-state index in [1.165, 1.54) is 6.33 Å². The molecule has 5 heterocycles. The van der Waals surface area contributed by atoms with Crippen molar-refractivity contribution < 1.29 is 4.79 Å². The van der Waals surface area contributed by atoms with Crippen molar-refractivity contribution >= 4 is 33.8 Å². The maximum Gasteiger partial charge on any atom is 0.264 e. The van der Waals surface area contributed by atoms with E-state index in [1.807, 2.05) is 29.1 Å². The normalized spacial score (nSPS) is 19.0. The minimum atomic E-state index is -0.202. The average Bonchev–Trinajstić information content (AvgIpc) is 3.40. The second-order valence-corrected chi connectivity index (χ2v) is 8.97. The lowest BCUT2D eigenvalue weighted by molar-refractivity contribution is -0.128. The van der Waals surface area contributed by atoms with Gasteiger partial charge in [0.25, 0.3) is 5.91 Å². The van der Waals surface area contributed by atoms with Crippen LogP contribution >= 0.6 is 0 Å². The highest BCUT2D eigenvalue weighted by molar-refractivity contribution is 5.99. The minimum absolute atomic E-state index is 0.0898. The van der Waals surface area contributed by atoms with Crippen molar-refractivity contribution in [3.8, 4) is 17.3 Å². The molecule has 1 amide bonds. The van der Waals surface area contributed by atoms with Crippen LogP contribution in [0.25, 0.3) is 33.3 Å². The lowest BCUT2D eigenvalue weighted by Crippen LogP contribution is -2.41. The molecule has 0 radical (unpaired) electrons. The van der Waals surface area contributed by atoms with Crippen LogP contribution in [0.5, 0.6) is 0 Å². The number of H-pyrrole nitrogens is 1. The summed E-state index contributed by atoms with van der Waals surface area (Å²) in [6.45, 7) is 1.08. The van der Waals surface area contributed by atoms with Gasteiger partial charge in [-0.2, -0.15) is 10.4 Å². The number of rotatable bonds is 4. The molecule has 170 valence electrons. The number of carbonyl (C=O) groups excluding carboxylic acids is 1. The summed E-state index contributed by atoms with van der Waals surface area (Å²) in [5, 5.41) is 16.1. The first-order chi connectivity index (χ1) is 16.6. The van der Waals surface area contributed by atoms with Crippen LogP contribution in [0.1, 0.15) is 31.7 Å². The Bertz CT molecular complexity index is 1490. The number of aromatic amines is 1. The SMILES string of the molecule is N#CC(=CC1CC1)C(=O)N1CCCC(n2nc(-c3cnc4[nH]ccc4c3)c3c(N)ncnc32)C1. The second kappa shape index (κ2) is 7.95. The quantitative estimate of drug-likeness (QED) is 0.357. The predicted octanol–water partition coefficient (Wildman–Crippen LogP) is 2.98. The molecule has 2 aliphatic rings. The molecule has 1 aliphatic heterocycles. The standard InChI is InChI=1S/C24H23N9O/c25-10-16(8-14-3-4-14)24(34)32-7-1-2-18(12-32)33-23-19(21(26)29-13-30-23)20(31-33)17-9-15-5-6-27-22(15)28-11-17/h5-6,8-9,11,13-14,18H,1-4,7,12H2,(H,27,28)(H2,26,29,30). The Morgan fingerprint density at radius 2 is 2.15 bits per heavy atom. The highest BCUT2D eigenvalue weighted by Crippen LogP contribution is 2.35. The zero-order chi connectivity index (χ0) is 23.2. The number of pyridine rings is 1. The van der Waals surface area contributed by atoms with Crippen molar-refractivity contribution in [2.75, 3.05) is 18.8 Å². The van der Waals surface area contributed by atoms with Gasteiger partial charge >= 0.3 is 0 Å². The number of nitriles is 1. The first kappa shape index (κ1) is 20.4. The second-order valence-electron chi connectivity index (χ2n) is 8.97. The highest BCUT2D eigenvalue weighted by atomic mass is 16.2. The number of piperidine rings is 1. The van der Waals surface area contributed by atoms with Gasteiger partial charge < -0.3 is 15.6 Å². The maximum atomic E-state index is 13.1. The van der Waals surface area contributed by atoms with Crippen LogP contribution in [0, 0.1) is 17.2 Å². The molecule has 6 rings (SSSR count). The fourth-order valence-corrected chi connectivity index (χ4v) is 4.69. The number of allylic oxidation sites excluding steroid dienone is 1. The number of aromatic nitrogens is 6. The molecule has 1 unspecified atom stereocenters. The maximum absolute atomic E-state index is 13.1. The Morgan fingerprint density at radius 1 is 1.26 bits per heavy atom. The van der Waals surface area contributed by atoms with Crippen molar-refractivity contribution in [1.29, 1.82) is 5.26 Å². The molecular weight excluding hydrogens is 430 g/mol. The molecule has 4 aromatic rings. The number of nitrogens with two attached hydrogens (primary N) is 1. The molecule has 0 bridgehead atoms. The molecule has 10 heteroatoms. The molecule has 0 spiro atoms. The van der Waals surface area contributed by atoms with Crippen LogP contribution < -0.4 is 5.73 Å². The van der Waals surface area contributed by atoms with Gasteiger partial charge in [-0.1, -0.05) is 6.08 Å². The summed E-state index contributed by atoms with van der Waals surface area (Å²) in [6, 6.07) is 5.98. The zero-order valence-electron chi connectivity index (χ0n) is 18.5. The van der Waals surface area contributed by atoms with E-state index in [1.54, 1.807) is 11.1 Å². The number of fused-ring (bicyclic) bond motifs is 2. The third kappa shape index (κ3) is 3.46. The van der Waals surface area contributed by atoms with Crippen LogP contribution in [0.2, 0.25) is 0 Å². The van der Waals surface area contributed by atoms with E-state index in [-0.39, 0.29) is 17.5 Å². The van der Waals surface area contributed by atoms with Crippen molar-refractivity contribution in [1.82, 2.24) is 34.6 Å². The number of anilines is 1. The molecule has 10 nitrogen and oxygen atoms in total. The van der Waals surface area contributed by atoms with Gasteiger partial charge in [-0.25, -0.2) is 19.6 Å². The number of nitrogens with one attached hydrogen (secondary N) is 1. The molecule has 1 atom stereocenters. The van der Waals surface area contributed by atoms with E-state index >= 15 is 0 Å². The molecule has 2 fully saturated rings. The van der Waals surface area contributed by atoms with Crippen molar-refractivity contribution in [2.45, 2.75) is 31.7 Å². The van der Waals surface area contributed by atoms with Gasteiger partial charge in [-0.3, -0.25) is 4.79 Å². The van der Waals surface area contributed by atoms with Crippen molar-refractivity contribution in [3.05, 3.63) is 42.5 Å². The third-order valence-electron chi connectivity index (χ3n) is 6.60. The minimum Gasteiger partial charge on any atom is -0.383 e. The summed E-state index contributed by atoms with van der Waals surface area (Å²) >= 11 is 0. The van der Waals surface area contributed by atoms with Gasteiger partial charge in [-0.05, 0) is 43.7 Å². The topological polar surface area (TPSA) is 142 Å². The lowest BCUT2D eigenvalue weighted by atomic mass is 10.0. The number of nitrogens with zero attached hydrogens (tertiary/aromatic N) is 7. The van der Waals surface area contributed by atoms with Crippen LogP contribution in [-0.4, -0.2) is 53.6 Å². The van der Waals surface area contributed by atoms with E-state index in [2.05, 4.69) is 26.0 Å². The van der Waals surface area contributed by atoms with E-state index in [4.69, 9.17) is 10.8 Å². The molecule has 34 heavy (non-hydrogen) atoms. The largest absolute Gasteiger partial charge is 0.383 e. The van der Waals surface area contributed by atoms with Crippen LogP contribution in [0.15, 0.2) is 42.5 Å². The number of amides is 1. The molecule has 1 saturated heterocycles. The smallest absolute Gasteiger partial charge is 0.264 e. The first-order valence-corrected chi connectivity index (χ1v) is 11.5. The van der Waals surface area contributed by atoms with Crippen molar-refractivity contribution in [2.24, 2.45) is 5.92 Å². The molecule has 0 aromatic carbocycles. The fourth-order valence-electron chi connectivity index (χ4n) is 4.69. The number of carbonyl (C=O) groups is 1. The van der Waals surface area contributed by atoms with Crippen LogP contribution in [0.3, 0.4) is 0 Å². The fraction of sp³-hybridized carbons (Fsp3) is 0.333. The van der Waals surface area contributed by atoms with E-state index in [0.717, 1.165) is 42.3 Å². The molecule has 4 aromatic heterocycles. The Kier molecular flexibility index (Phi) is 4.76. The number of hydrogen-bond acceptors (Lipinski definition) is 7. The molecule has 1 saturated carbocycles. The highest BCUT2D eigenvalue weighted by Gasteiger charge is 2.31. The van der Waals surface area contributed by atoms with E-state index in [9.17, 15) is 10.1 Å². The van der Waals surface area contributed by atoms with Gasteiger partial charge in [-0.15, -0.1) is 0 Å². The zero-order valence-corrected chi connectivity index (χ0v) is 18.5. The van der Waals surface area contributed by atoms with Gasteiger partial charge in [0.15, 0.2) is 5.65 Å². The number of nitrogen functional groups attached to an aromatic ring is 1. The summed E-state index contributed by atoms with van der Waals surface area (Å²) in [6.07, 6.45) is 10.6. The third-order valence-corrected chi connectivity index (χ3v) is 6.60. The van der Waals surface area contributed by atoms with Crippen molar-refractivity contribution in [3.63, 3.8) is 0 Å². The predicted molar refractivity (Wildman–Crippen MR) is 126 cm³/mol. The van der Waals surface area contributed by atoms with Gasteiger partial charge in [0.1, 0.15) is 35.1 Å². The van der Waals surface area contributed by atoms with Gasteiger partial charge in [0.05, 0.1) is 11.4 Å². The summed E-state index contributed by atoms with van der Waals surface area (Å²) in [7, 11) is 0. The Labute approximate surface area is 195 Å². The van der Waals surface area contributed by atoms with Crippen LogP contribution in [0.4, 0.5) is 5.82 Å². The van der Waals surface area contributed by atoms with Gasteiger partial charge in [0, 0.05) is 36.4 Å².